The molecule has 4 amide bonds. The molecule has 26 heavy (non-hydrogen) atoms. The van der Waals surface area contributed by atoms with Crippen LogP contribution in [0, 0.1) is 6.92 Å². The molecule has 0 aliphatic carbocycles. The molecule has 132 valence electrons. The molecule has 3 rings (SSSR count). The number of carbonyl (C=O) groups excluding carboxylic acids is 3. The van der Waals surface area contributed by atoms with Gasteiger partial charge in [0.2, 0.25) is 0 Å². The van der Waals surface area contributed by atoms with E-state index in [4.69, 9.17) is 4.74 Å². The number of imide groups is 2. The number of urea groups is 1. The predicted octanol–water partition coefficient (Wildman–Crippen LogP) is 3.43. The Morgan fingerprint density at radius 1 is 1.12 bits per heavy atom. The lowest BCUT2D eigenvalue weighted by Crippen LogP contribution is -2.54. The Hall–Kier alpha value is -2.93. The lowest BCUT2D eigenvalue weighted by Gasteiger charge is -2.26. The van der Waals surface area contributed by atoms with Crippen molar-refractivity contribution in [2.75, 3.05) is 12.0 Å². The number of carbonyl (C=O) groups is 3. The van der Waals surface area contributed by atoms with Crippen molar-refractivity contribution in [1.29, 1.82) is 0 Å². The average Bonchev–Trinajstić information content (AvgIpc) is 2.58. The van der Waals surface area contributed by atoms with E-state index < -0.39 is 17.8 Å². The maximum atomic E-state index is 12.8. The van der Waals surface area contributed by atoms with Gasteiger partial charge in [0.15, 0.2) is 0 Å². The van der Waals surface area contributed by atoms with Crippen LogP contribution in [0.15, 0.2) is 52.5 Å². The number of rotatable bonds is 3. The molecule has 7 heteroatoms. The van der Waals surface area contributed by atoms with Crippen LogP contribution in [0.5, 0.6) is 5.75 Å². The molecule has 6 nitrogen and oxygen atoms in total. The number of amides is 4. The van der Waals surface area contributed by atoms with Crippen molar-refractivity contribution in [1.82, 2.24) is 5.32 Å². The van der Waals surface area contributed by atoms with E-state index in [1.165, 1.54) is 6.08 Å². The van der Waals surface area contributed by atoms with Gasteiger partial charge in [-0.2, -0.15) is 0 Å². The molecular formula is C19H15BrN2O4. The van der Waals surface area contributed by atoms with Crippen LogP contribution in [0.4, 0.5) is 10.5 Å². The second kappa shape index (κ2) is 7.13. The Bertz CT molecular complexity index is 952. The van der Waals surface area contributed by atoms with Crippen molar-refractivity contribution < 1.29 is 19.1 Å². The average molecular weight is 415 g/mol. The molecule has 1 saturated heterocycles. The number of benzene rings is 2. The summed E-state index contributed by atoms with van der Waals surface area (Å²) in [5, 5.41) is 2.20. The first-order valence-electron chi connectivity index (χ1n) is 7.72. The molecule has 1 fully saturated rings. The van der Waals surface area contributed by atoms with Gasteiger partial charge in [-0.1, -0.05) is 28.1 Å². The second-order valence-corrected chi connectivity index (χ2v) is 6.58. The van der Waals surface area contributed by atoms with Gasteiger partial charge in [0.05, 0.1) is 12.8 Å². The van der Waals surface area contributed by atoms with Crippen LogP contribution in [-0.2, 0) is 9.59 Å². The molecule has 0 radical (unpaired) electrons. The SMILES string of the molecule is COc1ccc(C=C2C(=O)NC(=O)N(c3cccc(Br)c3)C2=O)cc1C. The second-order valence-electron chi connectivity index (χ2n) is 5.67. The number of ether oxygens (including phenoxy) is 1. The van der Waals surface area contributed by atoms with Gasteiger partial charge >= 0.3 is 6.03 Å². The van der Waals surface area contributed by atoms with Gasteiger partial charge in [-0.05, 0) is 54.5 Å². The summed E-state index contributed by atoms with van der Waals surface area (Å²) >= 11 is 3.31. The van der Waals surface area contributed by atoms with Crippen molar-refractivity contribution in [2.45, 2.75) is 6.92 Å². The molecule has 1 aliphatic rings. The number of halogens is 1. The van der Waals surface area contributed by atoms with Crippen LogP contribution < -0.4 is 15.0 Å². The molecule has 0 aromatic heterocycles. The fourth-order valence-electron chi connectivity index (χ4n) is 2.67. The first-order valence-corrected chi connectivity index (χ1v) is 8.51. The maximum absolute atomic E-state index is 12.8. The first kappa shape index (κ1) is 17.9. The largest absolute Gasteiger partial charge is 0.496 e. The third kappa shape index (κ3) is 3.39. The summed E-state index contributed by atoms with van der Waals surface area (Å²) in [6.45, 7) is 1.86. The molecule has 0 atom stereocenters. The van der Waals surface area contributed by atoms with E-state index in [9.17, 15) is 14.4 Å². The van der Waals surface area contributed by atoms with Crippen LogP contribution >= 0.6 is 15.9 Å². The first-order chi connectivity index (χ1) is 12.4. The molecule has 1 N–H and O–H groups in total. The van der Waals surface area contributed by atoms with Crippen LogP contribution in [0.2, 0.25) is 0 Å². The number of methoxy groups -OCH3 is 1. The summed E-state index contributed by atoms with van der Waals surface area (Å²) in [7, 11) is 1.57. The van der Waals surface area contributed by atoms with Crippen molar-refractivity contribution in [3.8, 4) is 5.75 Å². The minimum atomic E-state index is -0.777. The van der Waals surface area contributed by atoms with Crippen LogP contribution in [0.3, 0.4) is 0 Å². The van der Waals surface area contributed by atoms with E-state index in [1.807, 2.05) is 6.92 Å². The molecular weight excluding hydrogens is 400 g/mol. The minimum Gasteiger partial charge on any atom is -0.496 e. The Morgan fingerprint density at radius 3 is 2.54 bits per heavy atom. The van der Waals surface area contributed by atoms with Gasteiger partial charge in [0.25, 0.3) is 11.8 Å². The Balaban J connectivity index is 2.01. The van der Waals surface area contributed by atoms with Gasteiger partial charge in [0, 0.05) is 4.47 Å². The molecule has 2 aromatic rings. The topological polar surface area (TPSA) is 75.7 Å². The van der Waals surface area contributed by atoms with Crippen molar-refractivity contribution in [3.63, 3.8) is 0 Å². The zero-order valence-electron chi connectivity index (χ0n) is 14.1. The van der Waals surface area contributed by atoms with Gasteiger partial charge in [-0.15, -0.1) is 0 Å². The zero-order valence-corrected chi connectivity index (χ0v) is 15.7. The fraction of sp³-hybridized carbons (Fsp3) is 0.105. The predicted molar refractivity (Wildman–Crippen MR) is 101 cm³/mol. The number of barbiturate groups is 1. The lowest BCUT2D eigenvalue weighted by molar-refractivity contribution is -0.122. The standard InChI is InChI=1S/C19H15BrN2O4/c1-11-8-12(6-7-16(11)26-2)9-15-17(23)21-19(25)22(18(15)24)14-5-3-4-13(20)10-14/h3-10H,1-2H3,(H,21,23,25). The highest BCUT2D eigenvalue weighted by atomic mass is 79.9. The third-order valence-corrected chi connectivity index (χ3v) is 4.39. The van der Waals surface area contributed by atoms with Gasteiger partial charge in [0.1, 0.15) is 11.3 Å². The van der Waals surface area contributed by atoms with Crippen molar-refractivity contribution in [2.24, 2.45) is 0 Å². The monoisotopic (exact) mass is 414 g/mol. The molecule has 2 aromatic carbocycles. The Morgan fingerprint density at radius 2 is 1.88 bits per heavy atom. The number of nitrogens with zero attached hydrogens (tertiary/aromatic N) is 1. The molecule has 1 heterocycles. The smallest absolute Gasteiger partial charge is 0.335 e. The highest BCUT2D eigenvalue weighted by molar-refractivity contribution is 9.10. The Kier molecular flexibility index (Phi) is 4.90. The van der Waals surface area contributed by atoms with Crippen LogP contribution in [-0.4, -0.2) is 25.0 Å². The minimum absolute atomic E-state index is 0.117. The highest BCUT2D eigenvalue weighted by Crippen LogP contribution is 2.25. The van der Waals surface area contributed by atoms with Crippen molar-refractivity contribution >= 4 is 45.5 Å². The summed E-state index contributed by atoms with van der Waals surface area (Å²) in [6, 6.07) is 11.2. The molecule has 0 saturated carbocycles. The number of hydrogen-bond donors (Lipinski definition) is 1. The number of nitrogens with one attached hydrogen (secondary N) is 1. The van der Waals surface area contributed by atoms with Gasteiger partial charge in [-0.3, -0.25) is 14.9 Å². The number of anilines is 1. The number of hydrogen-bond acceptors (Lipinski definition) is 4. The summed E-state index contributed by atoms with van der Waals surface area (Å²) in [5.41, 5.74) is 1.77. The molecule has 1 aliphatic heterocycles. The van der Waals surface area contributed by atoms with Crippen molar-refractivity contribution in [3.05, 3.63) is 63.6 Å². The van der Waals surface area contributed by atoms with E-state index in [-0.39, 0.29) is 5.57 Å². The molecule has 0 spiro atoms. The summed E-state index contributed by atoms with van der Waals surface area (Å²) in [6.07, 6.45) is 1.46. The van der Waals surface area contributed by atoms with E-state index in [0.717, 1.165) is 10.5 Å². The van der Waals surface area contributed by atoms with E-state index in [2.05, 4.69) is 21.2 Å². The van der Waals surface area contributed by atoms with Gasteiger partial charge in [-0.25, -0.2) is 9.69 Å². The summed E-state index contributed by atoms with van der Waals surface area (Å²) in [4.78, 5) is 38.1. The van der Waals surface area contributed by atoms with E-state index in [1.54, 1.807) is 49.6 Å². The van der Waals surface area contributed by atoms with E-state index >= 15 is 0 Å². The maximum Gasteiger partial charge on any atom is 0.335 e. The summed E-state index contributed by atoms with van der Waals surface area (Å²) < 4.78 is 5.92. The fourth-order valence-corrected chi connectivity index (χ4v) is 3.05. The lowest BCUT2D eigenvalue weighted by atomic mass is 10.0. The van der Waals surface area contributed by atoms with E-state index in [0.29, 0.717) is 21.5 Å². The molecule has 0 unspecified atom stereocenters. The quantitative estimate of drug-likeness (QED) is 0.616. The highest BCUT2D eigenvalue weighted by Gasteiger charge is 2.36. The molecule has 0 bridgehead atoms. The number of aryl methyl sites for hydroxylation is 1. The van der Waals surface area contributed by atoms with Crippen LogP contribution in [0.25, 0.3) is 6.08 Å². The normalized spacial score (nSPS) is 16.0. The third-order valence-electron chi connectivity index (χ3n) is 3.90. The van der Waals surface area contributed by atoms with Gasteiger partial charge < -0.3 is 4.74 Å². The zero-order chi connectivity index (χ0) is 18.8. The summed E-state index contributed by atoms with van der Waals surface area (Å²) in [5.74, 6) is -0.692. The Labute approximate surface area is 158 Å². The van der Waals surface area contributed by atoms with Crippen LogP contribution in [0.1, 0.15) is 11.1 Å².